The highest BCUT2D eigenvalue weighted by molar-refractivity contribution is 5.77. The molecule has 2 aromatic rings. The lowest BCUT2D eigenvalue weighted by Crippen LogP contribution is -2.12. The number of nitrogens with zero attached hydrogens (tertiary/aromatic N) is 3. The first-order valence-electron chi connectivity index (χ1n) is 5.20. The molecule has 84 valence electrons. The Morgan fingerprint density at radius 3 is 3.00 bits per heavy atom. The third kappa shape index (κ3) is 2.04. The number of aromatic nitrogens is 2. The molecule has 0 unspecified atom stereocenters. The molecule has 0 bridgehead atoms. The average molecular weight is 218 g/mol. The maximum atomic E-state index is 9.51. The minimum absolute atomic E-state index is 0.627. The predicted molar refractivity (Wildman–Crippen MR) is 61.0 cm³/mol. The van der Waals surface area contributed by atoms with Crippen LogP contribution in [0.4, 0.5) is 0 Å². The van der Waals surface area contributed by atoms with Gasteiger partial charge in [0.05, 0.1) is 11.6 Å². The summed E-state index contributed by atoms with van der Waals surface area (Å²) in [5, 5.41) is 15.0. The molecule has 3 N–H and O–H groups in total. The fourth-order valence-electron chi connectivity index (χ4n) is 1.52. The van der Waals surface area contributed by atoms with Crippen LogP contribution in [0, 0.1) is 0 Å². The minimum Gasteiger partial charge on any atom is -0.411 e. The van der Waals surface area contributed by atoms with Gasteiger partial charge in [0.2, 0.25) is 0 Å². The Hall–Kier alpha value is -1.88. The van der Waals surface area contributed by atoms with Crippen LogP contribution in [-0.4, -0.2) is 28.2 Å². The zero-order valence-corrected chi connectivity index (χ0v) is 8.87. The minimum atomic E-state index is 0.627. The summed E-state index contributed by atoms with van der Waals surface area (Å²) in [6.07, 6.45) is 2.40. The zero-order valence-electron chi connectivity index (χ0n) is 8.87. The number of benzene rings is 1. The molecule has 0 spiro atoms. The fraction of sp³-hybridized carbons (Fsp3) is 0.273. The molecule has 0 aliphatic rings. The summed E-state index contributed by atoms with van der Waals surface area (Å²) in [7, 11) is 0. The second-order valence-electron chi connectivity index (χ2n) is 3.46. The fourth-order valence-corrected chi connectivity index (χ4v) is 1.52. The SMILES string of the molecule is NCCCN=c1cnn(O)c2ccccc12. The van der Waals surface area contributed by atoms with E-state index in [9.17, 15) is 5.21 Å². The number of para-hydroxylation sites is 1. The van der Waals surface area contributed by atoms with Gasteiger partial charge in [0.25, 0.3) is 0 Å². The quantitative estimate of drug-likeness (QED) is 0.582. The van der Waals surface area contributed by atoms with Crippen molar-refractivity contribution in [2.24, 2.45) is 10.7 Å². The van der Waals surface area contributed by atoms with Crippen LogP contribution in [0.2, 0.25) is 0 Å². The summed E-state index contributed by atoms with van der Waals surface area (Å²) in [5.74, 6) is 0. The Labute approximate surface area is 92.8 Å². The second kappa shape index (κ2) is 4.76. The van der Waals surface area contributed by atoms with Crippen molar-refractivity contribution in [2.45, 2.75) is 6.42 Å². The molecular formula is C11H14N4O. The summed E-state index contributed by atoms with van der Waals surface area (Å²) >= 11 is 0. The molecule has 0 radical (unpaired) electrons. The summed E-state index contributed by atoms with van der Waals surface area (Å²) in [4.78, 5) is 5.26. The van der Waals surface area contributed by atoms with E-state index in [1.54, 1.807) is 12.3 Å². The molecule has 5 nitrogen and oxygen atoms in total. The molecule has 1 aromatic carbocycles. The Bertz CT molecular complexity index is 547. The second-order valence-corrected chi connectivity index (χ2v) is 3.46. The lowest BCUT2D eigenvalue weighted by atomic mass is 10.2. The van der Waals surface area contributed by atoms with Crippen LogP contribution in [0.5, 0.6) is 0 Å². The van der Waals surface area contributed by atoms with Gasteiger partial charge < -0.3 is 10.9 Å². The van der Waals surface area contributed by atoms with E-state index in [1.807, 2.05) is 18.2 Å². The van der Waals surface area contributed by atoms with Crippen LogP contribution in [0.25, 0.3) is 10.9 Å². The van der Waals surface area contributed by atoms with E-state index in [-0.39, 0.29) is 0 Å². The highest BCUT2D eigenvalue weighted by Crippen LogP contribution is 2.05. The number of fused-ring (bicyclic) bond motifs is 1. The molecule has 0 amide bonds. The van der Waals surface area contributed by atoms with Crippen molar-refractivity contribution in [1.29, 1.82) is 0 Å². The topological polar surface area (TPSA) is 76.4 Å². The Morgan fingerprint density at radius 1 is 1.38 bits per heavy atom. The van der Waals surface area contributed by atoms with E-state index >= 15 is 0 Å². The van der Waals surface area contributed by atoms with Gasteiger partial charge in [-0.05, 0) is 19.0 Å². The van der Waals surface area contributed by atoms with Crippen molar-refractivity contribution in [3.8, 4) is 0 Å². The van der Waals surface area contributed by atoms with Gasteiger partial charge in [0.1, 0.15) is 5.52 Å². The summed E-state index contributed by atoms with van der Waals surface area (Å²) in [6.45, 7) is 1.30. The van der Waals surface area contributed by atoms with E-state index < -0.39 is 0 Å². The van der Waals surface area contributed by atoms with Gasteiger partial charge in [-0.1, -0.05) is 18.2 Å². The van der Waals surface area contributed by atoms with Gasteiger partial charge in [-0.15, -0.1) is 9.94 Å². The molecule has 0 atom stereocenters. The van der Waals surface area contributed by atoms with Gasteiger partial charge in [-0.2, -0.15) is 0 Å². The van der Waals surface area contributed by atoms with Crippen molar-refractivity contribution >= 4 is 10.9 Å². The lowest BCUT2D eigenvalue weighted by Gasteiger charge is -2.02. The first-order chi connectivity index (χ1) is 7.83. The smallest absolute Gasteiger partial charge is 0.110 e. The Morgan fingerprint density at radius 2 is 2.19 bits per heavy atom. The monoisotopic (exact) mass is 218 g/mol. The van der Waals surface area contributed by atoms with Crippen LogP contribution in [0.3, 0.4) is 0 Å². The summed E-state index contributed by atoms with van der Waals surface area (Å²) in [5.41, 5.74) is 6.06. The standard InChI is InChI=1S/C11H14N4O/c12-6-3-7-13-10-8-14-15(16)11-5-2-1-4-9(10)11/h1-2,4-5,8,16H,3,6-7,12H2. The molecule has 0 aliphatic heterocycles. The highest BCUT2D eigenvalue weighted by atomic mass is 16.5. The van der Waals surface area contributed by atoms with Crippen molar-refractivity contribution in [2.75, 3.05) is 13.1 Å². The Kier molecular flexibility index (Phi) is 3.16. The van der Waals surface area contributed by atoms with E-state index in [1.165, 1.54) is 0 Å². The molecule has 0 fully saturated rings. The predicted octanol–water partition coefficient (Wildman–Crippen LogP) is 0.523. The van der Waals surface area contributed by atoms with Crippen LogP contribution in [-0.2, 0) is 0 Å². The van der Waals surface area contributed by atoms with Crippen LogP contribution in [0.1, 0.15) is 6.42 Å². The van der Waals surface area contributed by atoms with Crippen molar-refractivity contribution in [3.63, 3.8) is 0 Å². The zero-order chi connectivity index (χ0) is 11.4. The van der Waals surface area contributed by atoms with Gasteiger partial charge >= 0.3 is 0 Å². The molecular weight excluding hydrogens is 204 g/mol. The number of hydrogen-bond acceptors (Lipinski definition) is 4. The third-order valence-electron chi connectivity index (χ3n) is 2.33. The molecule has 16 heavy (non-hydrogen) atoms. The van der Waals surface area contributed by atoms with Crippen molar-refractivity contribution < 1.29 is 5.21 Å². The largest absolute Gasteiger partial charge is 0.411 e. The molecule has 0 aliphatic carbocycles. The lowest BCUT2D eigenvalue weighted by molar-refractivity contribution is 0.157. The van der Waals surface area contributed by atoms with Gasteiger partial charge in [0.15, 0.2) is 0 Å². The molecule has 5 heteroatoms. The molecule has 1 heterocycles. The van der Waals surface area contributed by atoms with Crippen LogP contribution < -0.4 is 11.1 Å². The molecule has 2 rings (SSSR count). The third-order valence-corrected chi connectivity index (χ3v) is 2.33. The van der Waals surface area contributed by atoms with Crippen molar-refractivity contribution in [1.82, 2.24) is 9.94 Å². The maximum Gasteiger partial charge on any atom is 0.110 e. The summed E-state index contributed by atoms with van der Waals surface area (Å²) < 4.78 is 0. The van der Waals surface area contributed by atoms with Gasteiger partial charge in [0, 0.05) is 11.9 Å². The molecule has 0 saturated heterocycles. The summed E-state index contributed by atoms with van der Waals surface area (Å²) in [6, 6.07) is 7.46. The van der Waals surface area contributed by atoms with E-state index in [2.05, 4.69) is 10.1 Å². The average Bonchev–Trinajstić information content (AvgIpc) is 2.33. The van der Waals surface area contributed by atoms with E-state index in [0.29, 0.717) is 18.6 Å². The van der Waals surface area contributed by atoms with E-state index in [4.69, 9.17) is 5.73 Å². The normalized spacial score (nSPS) is 12.2. The Balaban J connectivity index is 2.54. The highest BCUT2D eigenvalue weighted by Gasteiger charge is 1.99. The van der Waals surface area contributed by atoms with Crippen LogP contribution in [0.15, 0.2) is 35.5 Å². The molecule has 0 saturated carbocycles. The van der Waals surface area contributed by atoms with Gasteiger partial charge in [-0.25, -0.2) is 0 Å². The first kappa shape index (κ1) is 10.6. The maximum absolute atomic E-state index is 9.51. The number of hydrogen-bond donors (Lipinski definition) is 2. The van der Waals surface area contributed by atoms with Crippen molar-refractivity contribution in [3.05, 3.63) is 35.8 Å². The van der Waals surface area contributed by atoms with Gasteiger partial charge in [-0.3, -0.25) is 4.99 Å². The van der Waals surface area contributed by atoms with E-state index in [0.717, 1.165) is 22.0 Å². The molecule has 1 aromatic heterocycles. The van der Waals surface area contributed by atoms with Crippen LogP contribution >= 0.6 is 0 Å². The number of rotatable bonds is 3. The number of nitrogens with two attached hydrogens (primary N) is 1. The first-order valence-corrected chi connectivity index (χ1v) is 5.20.